The highest BCUT2D eigenvalue weighted by Crippen LogP contribution is 2.54. The van der Waals surface area contributed by atoms with Crippen molar-refractivity contribution in [3.63, 3.8) is 0 Å². The Labute approximate surface area is 128 Å². The number of ether oxygens (including phenoxy) is 1. The van der Waals surface area contributed by atoms with E-state index in [4.69, 9.17) is 4.74 Å². The van der Waals surface area contributed by atoms with Gasteiger partial charge in [-0.05, 0) is 42.4 Å². The topological polar surface area (TPSA) is 29.5 Å². The number of aliphatic hydroxyl groups excluding tert-OH is 1. The lowest BCUT2D eigenvalue weighted by Crippen LogP contribution is -2.58. The first-order valence-electron chi connectivity index (χ1n) is 8.43. The monoisotopic (exact) mass is 288 g/mol. The Kier molecular flexibility index (Phi) is 3.77. The molecule has 1 N–H and O–H groups in total. The normalized spacial score (nSPS) is 27.6. The molecule has 2 unspecified atom stereocenters. The van der Waals surface area contributed by atoms with Gasteiger partial charge in [-0.25, -0.2) is 0 Å². The molecule has 21 heavy (non-hydrogen) atoms. The molecule has 0 radical (unpaired) electrons. The summed E-state index contributed by atoms with van der Waals surface area (Å²) in [6.07, 6.45) is 6.71. The van der Waals surface area contributed by atoms with Crippen LogP contribution >= 0.6 is 0 Å². The van der Waals surface area contributed by atoms with Gasteiger partial charge in [-0.2, -0.15) is 0 Å². The van der Waals surface area contributed by atoms with Gasteiger partial charge in [0.2, 0.25) is 0 Å². The molecule has 0 bridgehead atoms. The summed E-state index contributed by atoms with van der Waals surface area (Å²) in [6.45, 7) is 6.78. The third kappa shape index (κ3) is 2.48. The molecular formula is C19H28O2. The van der Waals surface area contributed by atoms with Crippen LogP contribution in [0.3, 0.4) is 0 Å². The van der Waals surface area contributed by atoms with Crippen LogP contribution in [0, 0.1) is 5.41 Å². The van der Waals surface area contributed by atoms with Crippen LogP contribution in [0.5, 0.6) is 5.75 Å². The van der Waals surface area contributed by atoms with Crippen molar-refractivity contribution in [3.8, 4) is 5.75 Å². The first-order valence-corrected chi connectivity index (χ1v) is 8.43. The summed E-state index contributed by atoms with van der Waals surface area (Å²) < 4.78 is 6.20. The zero-order valence-electron chi connectivity index (χ0n) is 13.6. The smallest absolute Gasteiger partial charge is 0.119 e. The quantitative estimate of drug-likeness (QED) is 0.887. The third-order valence-electron chi connectivity index (χ3n) is 6.07. The summed E-state index contributed by atoms with van der Waals surface area (Å²) in [5.74, 6) is 0.953. The van der Waals surface area contributed by atoms with Crippen molar-refractivity contribution in [3.05, 3.63) is 29.8 Å². The van der Waals surface area contributed by atoms with Gasteiger partial charge < -0.3 is 9.84 Å². The van der Waals surface area contributed by atoms with Crippen LogP contribution in [0.1, 0.15) is 64.9 Å². The number of benzene rings is 1. The summed E-state index contributed by atoms with van der Waals surface area (Å²) >= 11 is 0. The zero-order valence-corrected chi connectivity index (χ0v) is 13.6. The van der Waals surface area contributed by atoms with Crippen molar-refractivity contribution in [2.75, 3.05) is 0 Å². The minimum atomic E-state index is -0.150. The predicted octanol–water partition coefficient (Wildman–Crippen LogP) is 4.45. The van der Waals surface area contributed by atoms with Crippen molar-refractivity contribution < 1.29 is 9.84 Å². The first kappa shape index (κ1) is 14.9. The fourth-order valence-corrected chi connectivity index (χ4v) is 3.93. The molecule has 1 aromatic rings. The van der Waals surface area contributed by atoms with Crippen molar-refractivity contribution in [2.45, 2.75) is 76.9 Å². The second-order valence-corrected chi connectivity index (χ2v) is 7.56. The molecule has 0 heterocycles. The summed E-state index contributed by atoms with van der Waals surface area (Å²) in [7, 11) is 0. The molecule has 0 saturated heterocycles. The summed E-state index contributed by atoms with van der Waals surface area (Å²) in [4.78, 5) is 0. The van der Waals surface area contributed by atoms with E-state index < -0.39 is 0 Å². The van der Waals surface area contributed by atoms with Crippen molar-refractivity contribution in [1.29, 1.82) is 0 Å². The predicted molar refractivity (Wildman–Crippen MR) is 85.7 cm³/mol. The lowest BCUT2D eigenvalue weighted by Gasteiger charge is -2.51. The Hall–Kier alpha value is -1.02. The van der Waals surface area contributed by atoms with E-state index in [1.165, 1.54) is 18.4 Å². The average Bonchev–Trinajstić information content (AvgIpc) is 3.00. The van der Waals surface area contributed by atoms with Crippen molar-refractivity contribution in [1.82, 2.24) is 0 Å². The molecule has 0 aromatic heterocycles. The maximum atomic E-state index is 10.1. The van der Waals surface area contributed by atoms with Crippen LogP contribution in [0.15, 0.2) is 24.3 Å². The fraction of sp³-hybridized carbons (Fsp3) is 0.684. The Morgan fingerprint density at radius 1 is 1.19 bits per heavy atom. The Morgan fingerprint density at radius 2 is 1.81 bits per heavy atom. The molecule has 2 saturated carbocycles. The van der Waals surface area contributed by atoms with Gasteiger partial charge in [0.15, 0.2) is 0 Å². The molecule has 2 heteroatoms. The highest BCUT2D eigenvalue weighted by Gasteiger charge is 2.57. The van der Waals surface area contributed by atoms with Gasteiger partial charge in [0.1, 0.15) is 11.9 Å². The lowest BCUT2D eigenvalue weighted by molar-refractivity contribution is -0.151. The van der Waals surface area contributed by atoms with Crippen LogP contribution in [0.4, 0.5) is 0 Å². The molecule has 1 spiro atoms. The molecule has 1 aromatic carbocycles. The Bertz CT molecular complexity index is 483. The molecule has 116 valence electrons. The lowest BCUT2D eigenvalue weighted by atomic mass is 9.62. The van der Waals surface area contributed by atoms with E-state index in [0.717, 1.165) is 31.4 Å². The number of hydrogen-bond acceptors (Lipinski definition) is 2. The first-order chi connectivity index (χ1) is 9.98. The summed E-state index contributed by atoms with van der Waals surface area (Å²) in [6, 6.07) is 8.57. The maximum absolute atomic E-state index is 10.1. The van der Waals surface area contributed by atoms with Gasteiger partial charge in [-0.3, -0.25) is 0 Å². The summed E-state index contributed by atoms with van der Waals surface area (Å²) in [5.41, 5.74) is 1.64. The van der Waals surface area contributed by atoms with Gasteiger partial charge in [0.05, 0.1) is 6.10 Å². The van der Waals surface area contributed by atoms with E-state index in [2.05, 4.69) is 45.0 Å². The van der Waals surface area contributed by atoms with Crippen molar-refractivity contribution >= 4 is 0 Å². The average molecular weight is 288 g/mol. The minimum absolute atomic E-state index is 0.0569. The highest BCUT2D eigenvalue weighted by molar-refractivity contribution is 5.32. The van der Waals surface area contributed by atoms with E-state index in [-0.39, 0.29) is 23.0 Å². The molecule has 3 rings (SSSR count). The van der Waals surface area contributed by atoms with Gasteiger partial charge in [0.25, 0.3) is 0 Å². The van der Waals surface area contributed by atoms with E-state index in [1.54, 1.807) is 0 Å². The van der Waals surface area contributed by atoms with Crippen LogP contribution in [0.2, 0.25) is 0 Å². The van der Waals surface area contributed by atoms with Gasteiger partial charge >= 0.3 is 0 Å². The van der Waals surface area contributed by atoms with Gasteiger partial charge in [0, 0.05) is 11.8 Å². The molecule has 2 aliphatic carbocycles. The highest BCUT2D eigenvalue weighted by atomic mass is 16.5. The standard InChI is InChI=1S/C19H28O2/c1-4-18(2,3)14-7-9-15(10-8-14)21-17-13-16(20)19(17)11-5-6-12-19/h7-10,16-17,20H,4-6,11-13H2,1-3H3. The molecule has 2 fully saturated rings. The van der Waals surface area contributed by atoms with Crippen LogP contribution in [0.25, 0.3) is 0 Å². The number of aliphatic hydroxyl groups is 1. The van der Waals surface area contributed by atoms with E-state index in [9.17, 15) is 5.11 Å². The zero-order chi connectivity index (χ0) is 15.1. The second kappa shape index (κ2) is 5.31. The van der Waals surface area contributed by atoms with E-state index in [0.29, 0.717) is 0 Å². The fourth-order valence-electron chi connectivity index (χ4n) is 3.93. The molecule has 2 aliphatic rings. The molecule has 2 nitrogen and oxygen atoms in total. The number of hydrogen-bond donors (Lipinski definition) is 1. The largest absolute Gasteiger partial charge is 0.490 e. The summed E-state index contributed by atoms with van der Waals surface area (Å²) in [5, 5.41) is 10.1. The Morgan fingerprint density at radius 3 is 2.33 bits per heavy atom. The van der Waals surface area contributed by atoms with Crippen LogP contribution in [-0.4, -0.2) is 17.3 Å². The van der Waals surface area contributed by atoms with E-state index >= 15 is 0 Å². The second-order valence-electron chi connectivity index (χ2n) is 7.56. The van der Waals surface area contributed by atoms with Crippen LogP contribution < -0.4 is 4.74 Å². The Balaban J connectivity index is 1.69. The third-order valence-corrected chi connectivity index (χ3v) is 6.07. The van der Waals surface area contributed by atoms with Gasteiger partial charge in [-0.1, -0.05) is 45.7 Å². The molecule has 2 atom stereocenters. The molecule has 0 aliphatic heterocycles. The maximum Gasteiger partial charge on any atom is 0.119 e. The van der Waals surface area contributed by atoms with Gasteiger partial charge in [-0.15, -0.1) is 0 Å². The molecular weight excluding hydrogens is 260 g/mol. The molecule has 0 amide bonds. The van der Waals surface area contributed by atoms with Crippen LogP contribution in [-0.2, 0) is 5.41 Å². The SMILES string of the molecule is CCC(C)(C)c1ccc(OC2CC(O)C23CCCC3)cc1. The van der Waals surface area contributed by atoms with Crippen molar-refractivity contribution in [2.24, 2.45) is 5.41 Å². The minimum Gasteiger partial charge on any atom is -0.490 e. The number of rotatable bonds is 4. The van der Waals surface area contributed by atoms with E-state index in [1.807, 2.05) is 0 Å².